The molecule has 4 nitrogen and oxygen atoms in total. The molecule has 3 aromatic carbocycles. The van der Waals surface area contributed by atoms with E-state index in [2.05, 4.69) is 4.98 Å². The van der Waals surface area contributed by atoms with Gasteiger partial charge in [0.15, 0.2) is 0 Å². The van der Waals surface area contributed by atoms with Crippen molar-refractivity contribution in [3.8, 4) is 0 Å². The monoisotopic (exact) mass is 443 g/mol. The first-order valence-electron chi connectivity index (χ1n) is 10.3. The van der Waals surface area contributed by atoms with Gasteiger partial charge in [0.1, 0.15) is 12.2 Å². The van der Waals surface area contributed by atoms with Gasteiger partial charge in [0.25, 0.3) is 0 Å². The molecule has 1 unspecified atom stereocenters. The number of pyridine rings is 1. The van der Waals surface area contributed by atoms with E-state index in [0.29, 0.717) is 16.1 Å². The zero-order valence-electron chi connectivity index (χ0n) is 17.5. The summed E-state index contributed by atoms with van der Waals surface area (Å²) in [5.74, 6) is -0.462. The first-order valence-corrected chi connectivity index (χ1v) is 10.7. The van der Waals surface area contributed by atoms with E-state index < -0.39 is 18.2 Å². The average Bonchev–Trinajstić information content (AvgIpc) is 2.82. The number of benzene rings is 3. The molecule has 0 aliphatic carbocycles. The first-order chi connectivity index (χ1) is 15.5. The fourth-order valence-electron chi connectivity index (χ4n) is 3.37. The third kappa shape index (κ3) is 5.22. The Bertz CT molecular complexity index is 1270. The van der Waals surface area contributed by atoms with Gasteiger partial charge < -0.3 is 9.84 Å². The molecule has 0 aliphatic rings. The molecule has 160 valence electrons. The van der Waals surface area contributed by atoms with Crippen LogP contribution in [0.5, 0.6) is 0 Å². The van der Waals surface area contributed by atoms with Crippen LogP contribution in [0.1, 0.15) is 40.2 Å². The zero-order chi connectivity index (χ0) is 22.5. The highest BCUT2D eigenvalue weighted by Gasteiger charge is 2.21. The minimum absolute atomic E-state index is 0.451. The van der Waals surface area contributed by atoms with Crippen LogP contribution >= 0.6 is 11.6 Å². The van der Waals surface area contributed by atoms with E-state index in [1.54, 1.807) is 31.2 Å². The molecule has 1 heterocycles. The standard InChI is InChI=1S/C27H22ClNO3/c1-18(32-27(31)21-7-3-2-4-8-21)26(30)22-9-5-6-19(16-22)10-14-24-15-12-20-11-13-23(28)17-25(20)29-24/h2-18,26,30H,1H3/b14-10+/t18?,26-/m0/s1. The van der Waals surface area contributed by atoms with E-state index >= 15 is 0 Å². The lowest BCUT2D eigenvalue weighted by atomic mass is 10.0. The Balaban J connectivity index is 1.47. The lowest BCUT2D eigenvalue weighted by Gasteiger charge is -2.20. The summed E-state index contributed by atoms with van der Waals surface area (Å²) in [6.07, 6.45) is 2.19. The maximum atomic E-state index is 12.3. The molecule has 0 saturated heterocycles. The number of esters is 1. The third-order valence-electron chi connectivity index (χ3n) is 5.12. The van der Waals surface area contributed by atoms with Crippen molar-refractivity contribution in [2.75, 3.05) is 0 Å². The number of fused-ring (bicyclic) bond motifs is 1. The van der Waals surface area contributed by atoms with Gasteiger partial charge in [0.05, 0.1) is 16.8 Å². The largest absolute Gasteiger partial charge is 0.456 e. The molecule has 4 aromatic rings. The van der Waals surface area contributed by atoms with Crippen molar-refractivity contribution < 1.29 is 14.6 Å². The molecule has 0 aliphatic heterocycles. The van der Waals surface area contributed by atoms with Crippen molar-refractivity contribution in [2.24, 2.45) is 0 Å². The summed E-state index contributed by atoms with van der Waals surface area (Å²) in [5, 5.41) is 12.4. The highest BCUT2D eigenvalue weighted by molar-refractivity contribution is 6.31. The Labute approximate surface area is 191 Å². The van der Waals surface area contributed by atoms with Crippen molar-refractivity contribution >= 4 is 40.6 Å². The molecule has 2 atom stereocenters. The summed E-state index contributed by atoms with van der Waals surface area (Å²) < 4.78 is 5.44. The van der Waals surface area contributed by atoms with Crippen LogP contribution < -0.4 is 0 Å². The second kappa shape index (κ2) is 9.77. The van der Waals surface area contributed by atoms with Crippen LogP contribution in [0.15, 0.2) is 84.9 Å². The molecule has 0 radical (unpaired) electrons. The summed E-state index contributed by atoms with van der Waals surface area (Å²) in [4.78, 5) is 16.9. The SMILES string of the molecule is CC(OC(=O)c1ccccc1)[C@H](O)c1cccc(/C=C/c2ccc3ccc(Cl)cc3n2)c1. The summed E-state index contributed by atoms with van der Waals surface area (Å²) in [7, 11) is 0. The summed E-state index contributed by atoms with van der Waals surface area (Å²) in [6, 6.07) is 25.8. The predicted octanol–water partition coefficient (Wildman–Crippen LogP) is 6.34. The van der Waals surface area contributed by atoms with E-state index in [1.807, 2.05) is 72.8 Å². The van der Waals surface area contributed by atoms with Crippen LogP contribution in [-0.2, 0) is 4.74 Å². The molecule has 32 heavy (non-hydrogen) atoms. The summed E-state index contributed by atoms with van der Waals surface area (Å²) in [6.45, 7) is 1.68. The van der Waals surface area contributed by atoms with Crippen LogP contribution in [0.25, 0.3) is 23.1 Å². The van der Waals surface area contributed by atoms with E-state index in [0.717, 1.165) is 22.2 Å². The van der Waals surface area contributed by atoms with Gasteiger partial charge in [0, 0.05) is 10.4 Å². The van der Waals surface area contributed by atoms with Gasteiger partial charge in [-0.05, 0) is 60.5 Å². The Morgan fingerprint density at radius 1 is 0.969 bits per heavy atom. The number of aliphatic hydroxyl groups is 1. The smallest absolute Gasteiger partial charge is 0.338 e. The number of carbonyl (C=O) groups is 1. The quantitative estimate of drug-likeness (QED) is 0.353. The number of carbonyl (C=O) groups excluding carboxylic acids is 1. The molecule has 0 spiro atoms. The average molecular weight is 444 g/mol. The molecular formula is C27H22ClNO3. The maximum absolute atomic E-state index is 12.3. The number of hydrogen-bond acceptors (Lipinski definition) is 4. The summed E-state index contributed by atoms with van der Waals surface area (Å²) >= 11 is 6.07. The fraction of sp³-hybridized carbons (Fsp3) is 0.111. The minimum atomic E-state index is -0.947. The maximum Gasteiger partial charge on any atom is 0.338 e. The van der Waals surface area contributed by atoms with Gasteiger partial charge in [-0.15, -0.1) is 0 Å². The number of hydrogen-bond donors (Lipinski definition) is 1. The highest BCUT2D eigenvalue weighted by Crippen LogP contribution is 2.23. The molecule has 0 bridgehead atoms. The topological polar surface area (TPSA) is 59.4 Å². The lowest BCUT2D eigenvalue weighted by Crippen LogP contribution is -2.22. The summed E-state index contributed by atoms with van der Waals surface area (Å²) in [5.41, 5.74) is 3.65. The van der Waals surface area contributed by atoms with Crippen LogP contribution in [0.4, 0.5) is 0 Å². The van der Waals surface area contributed by atoms with Gasteiger partial charge >= 0.3 is 5.97 Å². The molecule has 1 N–H and O–H groups in total. The van der Waals surface area contributed by atoms with Crippen LogP contribution in [0.3, 0.4) is 0 Å². The van der Waals surface area contributed by atoms with Gasteiger partial charge in [-0.1, -0.05) is 66.2 Å². The van der Waals surface area contributed by atoms with E-state index in [-0.39, 0.29) is 0 Å². The van der Waals surface area contributed by atoms with Crippen molar-refractivity contribution in [1.29, 1.82) is 0 Å². The number of aliphatic hydroxyl groups excluding tert-OH is 1. The first kappa shape index (κ1) is 21.8. The van der Waals surface area contributed by atoms with Gasteiger partial charge in [-0.2, -0.15) is 0 Å². The lowest BCUT2D eigenvalue weighted by molar-refractivity contribution is -0.0116. The number of halogens is 1. The Morgan fingerprint density at radius 3 is 2.56 bits per heavy atom. The molecule has 4 rings (SSSR count). The van der Waals surface area contributed by atoms with Gasteiger partial charge in [0.2, 0.25) is 0 Å². The van der Waals surface area contributed by atoms with Crippen molar-refractivity contribution in [2.45, 2.75) is 19.1 Å². The molecule has 0 amide bonds. The van der Waals surface area contributed by atoms with Crippen molar-refractivity contribution in [1.82, 2.24) is 4.98 Å². The van der Waals surface area contributed by atoms with Gasteiger partial charge in [-0.3, -0.25) is 0 Å². The molecule has 5 heteroatoms. The third-order valence-corrected chi connectivity index (χ3v) is 5.36. The van der Waals surface area contributed by atoms with Crippen LogP contribution in [0, 0.1) is 0 Å². The number of rotatable bonds is 6. The highest BCUT2D eigenvalue weighted by atomic mass is 35.5. The van der Waals surface area contributed by atoms with E-state index in [9.17, 15) is 9.90 Å². The van der Waals surface area contributed by atoms with Crippen molar-refractivity contribution in [3.05, 3.63) is 112 Å². The molecule has 1 aromatic heterocycles. The van der Waals surface area contributed by atoms with E-state index in [1.165, 1.54) is 0 Å². The molecule has 0 fully saturated rings. The fourth-order valence-corrected chi connectivity index (χ4v) is 3.54. The Kier molecular flexibility index (Phi) is 6.64. The van der Waals surface area contributed by atoms with Crippen LogP contribution in [-0.4, -0.2) is 22.2 Å². The molecular weight excluding hydrogens is 422 g/mol. The minimum Gasteiger partial charge on any atom is -0.456 e. The number of ether oxygens (including phenoxy) is 1. The predicted molar refractivity (Wildman–Crippen MR) is 128 cm³/mol. The Hall–Kier alpha value is -3.47. The van der Waals surface area contributed by atoms with Crippen LogP contribution in [0.2, 0.25) is 5.02 Å². The van der Waals surface area contributed by atoms with E-state index in [4.69, 9.17) is 16.3 Å². The number of nitrogens with zero attached hydrogens (tertiary/aromatic N) is 1. The normalized spacial score (nSPS) is 13.2. The van der Waals surface area contributed by atoms with Crippen molar-refractivity contribution in [3.63, 3.8) is 0 Å². The zero-order valence-corrected chi connectivity index (χ0v) is 18.2. The second-order valence-corrected chi connectivity index (χ2v) is 7.93. The second-order valence-electron chi connectivity index (χ2n) is 7.50. The van der Waals surface area contributed by atoms with Gasteiger partial charge in [-0.25, -0.2) is 9.78 Å². The Morgan fingerprint density at radius 2 is 1.75 bits per heavy atom. The molecule has 0 saturated carbocycles. The number of aromatic nitrogens is 1.